The zero-order valence-corrected chi connectivity index (χ0v) is 9.56. The fourth-order valence-electron chi connectivity index (χ4n) is 2.64. The highest BCUT2D eigenvalue weighted by atomic mass is 32.2. The Kier molecular flexibility index (Phi) is 4.14. The molecule has 0 bridgehead atoms. The van der Waals surface area contributed by atoms with Crippen molar-refractivity contribution in [3.05, 3.63) is 0 Å². The molecule has 0 aromatic heterocycles. The van der Waals surface area contributed by atoms with Crippen molar-refractivity contribution < 1.29 is 5.11 Å². The maximum atomic E-state index is 9.20. The number of rotatable bonds is 4. The van der Waals surface area contributed by atoms with Crippen molar-refractivity contribution in [3.63, 3.8) is 0 Å². The summed E-state index contributed by atoms with van der Waals surface area (Å²) in [6, 6.07) is 0.750. The lowest BCUT2D eigenvalue weighted by molar-refractivity contribution is 0.191. The van der Waals surface area contributed by atoms with Crippen molar-refractivity contribution in [1.82, 2.24) is 5.32 Å². The number of hydrogen-bond acceptors (Lipinski definition) is 3. The second kappa shape index (κ2) is 5.38. The summed E-state index contributed by atoms with van der Waals surface area (Å²) in [6.45, 7) is 1.53. The maximum Gasteiger partial charge on any atom is 0.0462 e. The lowest BCUT2D eigenvalue weighted by Crippen LogP contribution is -2.34. The van der Waals surface area contributed by atoms with Crippen LogP contribution in [0.15, 0.2) is 0 Å². The van der Waals surface area contributed by atoms with E-state index in [-0.39, 0.29) is 0 Å². The van der Waals surface area contributed by atoms with Crippen LogP contribution in [0.25, 0.3) is 0 Å². The van der Waals surface area contributed by atoms with Gasteiger partial charge in [-0.15, -0.1) is 0 Å². The van der Waals surface area contributed by atoms with E-state index in [1.807, 2.05) is 0 Å². The Morgan fingerprint density at radius 2 is 2.07 bits per heavy atom. The third kappa shape index (κ3) is 2.65. The average Bonchev–Trinajstić information content (AvgIpc) is 2.85. The molecule has 0 aromatic rings. The molecule has 3 atom stereocenters. The minimum atomic E-state index is 0.395. The molecular weight excluding hydrogens is 194 g/mol. The third-order valence-corrected chi connectivity index (χ3v) is 4.81. The van der Waals surface area contributed by atoms with Crippen molar-refractivity contribution in [2.45, 2.75) is 31.7 Å². The van der Waals surface area contributed by atoms with Crippen LogP contribution < -0.4 is 5.32 Å². The van der Waals surface area contributed by atoms with E-state index in [1.165, 1.54) is 37.2 Å². The van der Waals surface area contributed by atoms with Crippen molar-refractivity contribution >= 4 is 11.8 Å². The topological polar surface area (TPSA) is 32.3 Å². The summed E-state index contributed by atoms with van der Waals surface area (Å²) >= 11 is 2.06. The molecule has 2 aliphatic rings. The summed E-state index contributed by atoms with van der Waals surface area (Å²) in [5, 5.41) is 12.9. The molecule has 2 N–H and O–H groups in total. The third-order valence-electron chi connectivity index (χ3n) is 3.65. The van der Waals surface area contributed by atoms with E-state index in [0.29, 0.717) is 12.5 Å². The number of aliphatic hydroxyl groups is 1. The first-order valence-electron chi connectivity index (χ1n) is 5.82. The van der Waals surface area contributed by atoms with Crippen LogP contribution in [-0.4, -0.2) is 35.8 Å². The second-order valence-corrected chi connectivity index (χ2v) is 5.75. The van der Waals surface area contributed by atoms with Gasteiger partial charge in [-0.2, -0.15) is 11.8 Å². The van der Waals surface area contributed by atoms with E-state index < -0.39 is 0 Å². The Hall–Kier alpha value is 0.270. The first-order chi connectivity index (χ1) is 6.90. The van der Waals surface area contributed by atoms with Crippen LogP contribution in [0.1, 0.15) is 25.7 Å². The smallest absolute Gasteiger partial charge is 0.0462 e. The molecule has 82 valence electrons. The van der Waals surface area contributed by atoms with Gasteiger partial charge in [-0.05, 0) is 43.4 Å². The molecule has 1 heterocycles. The molecule has 1 aliphatic carbocycles. The van der Waals surface area contributed by atoms with Gasteiger partial charge in [0.25, 0.3) is 0 Å². The molecule has 0 aromatic carbocycles. The Morgan fingerprint density at radius 1 is 1.21 bits per heavy atom. The summed E-state index contributed by atoms with van der Waals surface area (Å²) in [5.74, 6) is 3.93. The van der Waals surface area contributed by atoms with Crippen LogP contribution >= 0.6 is 11.8 Å². The van der Waals surface area contributed by atoms with Crippen molar-refractivity contribution in [2.24, 2.45) is 11.8 Å². The monoisotopic (exact) mass is 215 g/mol. The lowest BCUT2D eigenvalue weighted by Gasteiger charge is -2.20. The average molecular weight is 215 g/mol. The fraction of sp³-hybridized carbons (Fsp3) is 1.00. The van der Waals surface area contributed by atoms with Gasteiger partial charge in [-0.1, -0.05) is 6.42 Å². The van der Waals surface area contributed by atoms with Gasteiger partial charge in [0.05, 0.1) is 0 Å². The second-order valence-electron chi connectivity index (χ2n) is 4.60. The summed E-state index contributed by atoms with van der Waals surface area (Å²) in [4.78, 5) is 0. The SMILES string of the molecule is OCC1CCCC1CNC1CCSC1. The molecule has 3 unspecified atom stereocenters. The van der Waals surface area contributed by atoms with E-state index in [1.54, 1.807) is 0 Å². The van der Waals surface area contributed by atoms with Gasteiger partial charge in [-0.25, -0.2) is 0 Å². The van der Waals surface area contributed by atoms with Gasteiger partial charge >= 0.3 is 0 Å². The zero-order chi connectivity index (χ0) is 9.80. The van der Waals surface area contributed by atoms with Crippen LogP contribution in [0.4, 0.5) is 0 Å². The highest BCUT2D eigenvalue weighted by Gasteiger charge is 2.27. The predicted octanol–water partition coefficient (Wildman–Crippen LogP) is 1.49. The minimum absolute atomic E-state index is 0.395. The van der Waals surface area contributed by atoms with E-state index in [4.69, 9.17) is 0 Å². The van der Waals surface area contributed by atoms with Crippen molar-refractivity contribution in [2.75, 3.05) is 24.7 Å². The van der Waals surface area contributed by atoms with E-state index in [9.17, 15) is 5.11 Å². The first-order valence-corrected chi connectivity index (χ1v) is 6.97. The summed E-state index contributed by atoms with van der Waals surface area (Å²) in [6.07, 6.45) is 5.21. The number of aliphatic hydroxyl groups excluding tert-OH is 1. The molecule has 1 aliphatic heterocycles. The Labute approximate surface area is 90.8 Å². The van der Waals surface area contributed by atoms with Crippen molar-refractivity contribution in [3.8, 4) is 0 Å². The highest BCUT2D eigenvalue weighted by Crippen LogP contribution is 2.31. The van der Waals surface area contributed by atoms with Gasteiger partial charge in [0.1, 0.15) is 0 Å². The maximum absolute atomic E-state index is 9.20. The van der Waals surface area contributed by atoms with Gasteiger partial charge in [0, 0.05) is 18.4 Å². The Bertz CT molecular complexity index is 171. The largest absolute Gasteiger partial charge is 0.396 e. The number of hydrogen-bond donors (Lipinski definition) is 2. The van der Waals surface area contributed by atoms with E-state index in [2.05, 4.69) is 17.1 Å². The van der Waals surface area contributed by atoms with Gasteiger partial charge in [0.2, 0.25) is 0 Å². The van der Waals surface area contributed by atoms with E-state index >= 15 is 0 Å². The summed E-state index contributed by atoms with van der Waals surface area (Å²) in [7, 11) is 0. The molecule has 1 saturated carbocycles. The van der Waals surface area contributed by atoms with Gasteiger partial charge < -0.3 is 10.4 Å². The molecule has 2 nitrogen and oxygen atoms in total. The quantitative estimate of drug-likeness (QED) is 0.745. The lowest BCUT2D eigenvalue weighted by atomic mass is 9.96. The van der Waals surface area contributed by atoms with E-state index in [0.717, 1.165) is 18.5 Å². The van der Waals surface area contributed by atoms with Gasteiger partial charge in [-0.3, -0.25) is 0 Å². The number of nitrogens with one attached hydrogen (secondary N) is 1. The first kappa shape index (κ1) is 10.8. The zero-order valence-electron chi connectivity index (χ0n) is 8.74. The Balaban J connectivity index is 1.68. The van der Waals surface area contributed by atoms with Gasteiger partial charge in [0.15, 0.2) is 0 Å². The van der Waals surface area contributed by atoms with Crippen LogP contribution in [0.2, 0.25) is 0 Å². The summed E-state index contributed by atoms with van der Waals surface area (Å²) in [5.41, 5.74) is 0. The molecule has 0 radical (unpaired) electrons. The molecule has 14 heavy (non-hydrogen) atoms. The molecule has 2 rings (SSSR count). The predicted molar refractivity (Wildman–Crippen MR) is 61.6 cm³/mol. The molecule has 3 heteroatoms. The van der Waals surface area contributed by atoms with Crippen LogP contribution in [-0.2, 0) is 0 Å². The normalized spacial score (nSPS) is 37.9. The van der Waals surface area contributed by atoms with Crippen LogP contribution in [0, 0.1) is 11.8 Å². The minimum Gasteiger partial charge on any atom is -0.396 e. The molecule has 0 spiro atoms. The van der Waals surface area contributed by atoms with Crippen LogP contribution in [0.3, 0.4) is 0 Å². The summed E-state index contributed by atoms with van der Waals surface area (Å²) < 4.78 is 0. The molecule has 2 fully saturated rings. The van der Waals surface area contributed by atoms with Crippen molar-refractivity contribution in [1.29, 1.82) is 0 Å². The van der Waals surface area contributed by atoms with Crippen LogP contribution in [0.5, 0.6) is 0 Å². The standard InChI is InChI=1S/C11H21NOS/c13-7-10-3-1-2-9(10)6-12-11-4-5-14-8-11/h9-13H,1-8H2. The molecular formula is C11H21NOS. The number of thioether (sulfide) groups is 1. The molecule has 1 saturated heterocycles. The highest BCUT2D eigenvalue weighted by molar-refractivity contribution is 7.99. The fourth-order valence-corrected chi connectivity index (χ4v) is 3.82. The molecule has 0 amide bonds. The Morgan fingerprint density at radius 3 is 2.79 bits per heavy atom.